The van der Waals surface area contributed by atoms with Crippen molar-refractivity contribution in [2.75, 3.05) is 0 Å². The van der Waals surface area contributed by atoms with E-state index in [2.05, 4.69) is 0 Å². The Hall–Kier alpha value is -0.490. The van der Waals surface area contributed by atoms with Gasteiger partial charge in [-0.2, -0.15) is 13.2 Å². The molecule has 0 aliphatic carbocycles. The third-order valence-electron chi connectivity index (χ3n) is 2.74. The molecule has 0 radical (unpaired) electrons. The van der Waals surface area contributed by atoms with Crippen LogP contribution in [0.25, 0.3) is 0 Å². The molecular formula is C12H16Cl2F3NO. The largest absolute Gasteiger partial charge is 0.417 e. The first-order valence-electron chi connectivity index (χ1n) is 5.45. The lowest BCUT2D eigenvalue weighted by molar-refractivity contribution is -0.137. The molecule has 0 saturated carbocycles. The topological polar surface area (TPSA) is 46.2 Å². The smallest absolute Gasteiger partial charge is 0.391 e. The van der Waals surface area contributed by atoms with Crippen molar-refractivity contribution in [3.8, 4) is 0 Å². The molecule has 1 rings (SSSR count). The van der Waals surface area contributed by atoms with Gasteiger partial charge in [-0.3, -0.25) is 0 Å². The first-order valence-corrected chi connectivity index (χ1v) is 5.83. The Morgan fingerprint density at radius 2 is 1.79 bits per heavy atom. The van der Waals surface area contributed by atoms with E-state index >= 15 is 0 Å². The number of aliphatic hydroxyl groups excluding tert-OH is 1. The number of halogens is 5. The Bertz CT molecular complexity index is 424. The third-order valence-corrected chi connectivity index (χ3v) is 3.17. The minimum atomic E-state index is -4.53. The summed E-state index contributed by atoms with van der Waals surface area (Å²) < 4.78 is 38.0. The fourth-order valence-corrected chi connectivity index (χ4v) is 1.98. The summed E-state index contributed by atoms with van der Waals surface area (Å²) in [6.07, 6.45) is -5.48. The van der Waals surface area contributed by atoms with E-state index in [9.17, 15) is 18.3 Å². The maximum absolute atomic E-state index is 12.7. The number of aliphatic hydroxyl groups is 1. The first-order chi connectivity index (χ1) is 8.16. The summed E-state index contributed by atoms with van der Waals surface area (Å²) in [6, 6.07) is 2.57. The quantitative estimate of drug-likeness (QED) is 0.890. The molecule has 0 unspecified atom stereocenters. The number of rotatable bonds is 3. The van der Waals surface area contributed by atoms with Crippen molar-refractivity contribution in [2.24, 2.45) is 11.7 Å². The van der Waals surface area contributed by atoms with Crippen LogP contribution in [-0.2, 0) is 6.18 Å². The highest BCUT2D eigenvalue weighted by Crippen LogP contribution is 2.38. The van der Waals surface area contributed by atoms with Crippen LogP contribution in [0.4, 0.5) is 13.2 Å². The van der Waals surface area contributed by atoms with Crippen LogP contribution in [0.1, 0.15) is 31.0 Å². The molecule has 3 N–H and O–H groups in total. The molecule has 0 aliphatic heterocycles. The van der Waals surface area contributed by atoms with Gasteiger partial charge in [0.05, 0.1) is 22.7 Å². The summed E-state index contributed by atoms with van der Waals surface area (Å²) in [5, 5.41) is 9.35. The number of hydrogen-bond acceptors (Lipinski definition) is 2. The van der Waals surface area contributed by atoms with Crippen LogP contribution in [0.5, 0.6) is 0 Å². The summed E-state index contributed by atoms with van der Waals surface area (Å²) in [5.74, 6) is -0.175. The minimum Gasteiger partial charge on any atom is -0.391 e. The average Bonchev–Trinajstić information content (AvgIpc) is 2.25. The van der Waals surface area contributed by atoms with Crippen molar-refractivity contribution >= 4 is 24.0 Å². The van der Waals surface area contributed by atoms with Gasteiger partial charge in [0.2, 0.25) is 0 Å². The Kier molecular flexibility index (Phi) is 6.62. The fourth-order valence-electron chi connectivity index (χ4n) is 1.62. The second-order valence-corrected chi connectivity index (χ2v) is 4.84. The summed E-state index contributed by atoms with van der Waals surface area (Å²) in [7, 11) is 0. The maximum Gasteiger partial charge on any atom is 0.417 e. The standard InChI is InChI=1S/C12H15ClF3NO.ClH/c1-6(2)11(18)10(17)7-4-3-5-8(9(7)13)12(14,15)16;/h3-6,10-11,18H,17H2,1-2H3;1H/t10-,11+;/m0./s1. The van der Waals surface area contributed by atoms with Gasteiger partial charge < -0.3 is 10.8 Å². The molecule has 0 bridgehead atoms. The van der Waals surface area contributed by atoms with E-state index in [0.717, 1.165) is 6.07 Å². The van der Waals surface area contributed by atoms with Crippen LogP contribution in [0.15, 0.2) is 18.2 Å². The van der Waals surface area contributed by atoms with Gasteiger partial charge in [-0.1, -0.05) is 37.6 Å². The Morgan fingerprint density at radius 3 is 2.21 bits per heavy atom. The Morgan fingerprint density at radius 1 is 1.26 bits per heavy atom. The van der Waals surface area contributed by atoms with Gasteiger partial charge in [-0.05, 0) is 17.5 Å². The molecule has 0 fully saturated rings. The molecule has 2 atom stereocenters. The second kappa shape index (κ2) is 6.79. The van der Waals surface area contributed by atoms with E-state index in [-0.39, 0.29) is 23.9 Å². The molecule has 0 aromatic heterocycles. The second-order valence-electron chi connectivity index (χ2n) is 4.47. The van der Waals surface area contributed by atoms with Crippen LogP contribution in [0.3, 0.4) is 0 Å². The summed E-state index contributed by atoms with van der Waals surface area (Å²) in [4.78, 5) is 0. The first kappa shape index (κ1) is 18.5. The van der Waals surface area contributed by atoms with Gasteiger partial charge >= 0.3 is 6.18 Å². The highest BCUT2D eigenvalue weighted by Gasteiger charge is 2.35. The predicted octanol–water partition coefficient (Wildman–Crippen LogP) is 3.80. The SMILES string of the molecule is CC(C)[C@@H](O)[C@@H](N)c1cccc(C(F)(F)F)c1Cl.Cl. The van der Waals surface area contributed by atoms with Gasteiger partial charge in [-0.25, -0.2) is 0 Å². The monoisotopic (exact) mass is 317 g/mol. The van der Waals surface area contributed by atoms with E-state index in [1.54, 1.807) is 13.8 Å². The zero-order valence-electron chi connectivity index (χ0n) is 10.4. The molecule has 0 saturated heterocycles. The van der Waals surface area contributed by atoms with Crippen molar-refractivity contribution < 1.29 is 18.3 Å². The van der Waals surface area contributed by atoms with Crippen LogP contribution in [0.2, 0.25) is 5.02 Å². The Balaban J connectivity index is 0.00000324. The molecule has 0 amide bonds. The number of alkyl halides is 3. The highest BCUT2D eigenvalue weighted by atomic mass is 35.5. The highest BCUT2D eigenvalue weighted by molar-refractivity contribution is 6.32. The van der Waals surface area contributed by atoms with Gasteiger partial charge in [0.15, 0.2) is 0 Å². The van der Waals surface area contributed by atoms with Crippen molar-refractivity contribution in [3.05, 3.63) is 34.3 Å². The maximum atomic E-state index is 12.7. The molecule has 0 heterocycles. The Labute approximate surface area is 121 Å². The van der Waals surface area contributed by atoms with E-state index in [4.69, 9.17) is 17.3 Å². The van der Waals surface area contributed by atoms with Crippen LogP contribution in [-0.4, -0.2) is 11.2 Å². The molecule has 0 aliphatic rings. The van der Waals surface area contributed by atoms with Crippen molar-refractivity contribution in [1.82, 2.24) is 0 Å². The van der Waals surface area contributed by atoms with E-state index < -0.39 is 28.9 Å². The van der Waals surface area contributed by atoms with Crippen molar-refractivity contribution in [3.63, 3.8) is 0 Å². The molecule has 0 spiro atoms. The molecule has 1 aromatic carbocycles. The summed E-state index contributed by atoms with van der Waals surface area (Å²) >= 11 is 5.73. The van der Waals surface area contributed by atoms with E-state index in [0.29, 0.717) is 0 Å². The lowest BCUT2D eigenvalue weighted by Gasteiger charge is -2.24. The average molecular weight is 318 g/mol. The lowest BCUT2D eigenvalue weighted by Crippen LogP contribution is -2.31. The van der Waals surface area contributed by atoms with E-state index in [1.165, 1.54) is 12.1 Å². The lowest BCUT2D eigenvalue weighted by atomic mass is 9.93. The summed E-state index contributed by atoms with van der Waals surface area (Å²) in [5.41, 5.74) is 4.92. The van der Waals surface area contributed by atoms with E-state index in [1.807, 2.05) is 0 Å². The number of benzene rings is 1. The van der Waals surface area contributed by atoms with Gasteiger partial charge in [0, 0.05) is 0 Å². The number of hydrogen-bond donors (Lipinski definition) is 2. The third kappa shape index (κ3) is 4.24. The molecule has 7 heteroatoms. The summed E-state index contributed by atoms with van der Waals surface area (Å²) in [6.45, 7) is 3.46. The molecule has 19 heavy (non-hydrogen) atoms. The normalized spacial score (nSPS) is 15.0. The molecule has 110 valence electrons. The van der Waals surface area contributed by atoms with Crippen molar-refractivity contribution in [2.45, 2.75) is 32.2 Å². The predicted molar refractivity (Wildman–Crippen MR) is 71.5 cm³/mol. The fraction of sp³-hybridized carbons (Fsp3) is 0.500. The van der Waals surface area contributed by atoms with Crippen LogP contribution in [0, 0.1) is 5.92 Å². The minimum absolute atomic E-state index is 0. The molecule has 1 aromatic rings. The van der Waals surface area contributed by atoms with Gasteiger partial charge in [-0.15, -0.1) is 12.4 Å². The van der Waals surface area contributed by atoms with Gasteiger partial charge in [0.1, 0.15) is 0 Å². The number of nitrogens with two attached hydrogens (primary N) is 1. The van der Waals surface area contributed by atoms with Crippen LogP contribution < -0.4 is 5.73 Å². The molecule has 2 nitrogen and oxygen atoms in total. The zero-order valence-corrected chi connectivity index (χ0v) is 12.0. The zero-order chi connectivity index (χ0) is 14.1. The molecular weight excluding hydrogens is 302 g/mol. The van der Waals surface area contributed by atoms with Crippen LogP contribution >= 0.6 is 24.0 Å². The van der Waals surface area contributed by atoms with Crippen molar-refractivity contribution in [1.29, 1.82) is 0 Å². The van der Waals surface area contributed by atoms with Gasteiger partial charge in [0.25, 0.3) is 0 Å².